The van der Waals surface area contributed by atoms with Crippen LogP contribution in [-0.4, -0.2) is 0 Å². The van der Waals surface area contributed by atoms with E-state index in [0.29, 0.717) is 0 Å². The van der Waals surface area contributed by atoms with Crippen molar-refractivity contribution in [3.05, 3.63) is 68.1 Å². The van der Waals surface area contributed by atoms with Gasteiger partial charge in [-0.3, -0.25) is 0 Å². The first-order chi connectivity index (χ1) is 8.60. The average molecular weight is 369 g/mol. The summed E-state index contributed by atoms with van der Waals surface area (Å²) >= 11 is 6.99. The molecule has 1 unspecified atom stereocenters. The van der Waals surface area contributed by atoms with Crippen molar-refractivity contribution in [3.63, 3.8) is 0 Å². The van der Waals surface area contributed by atoms with E-state index in [4.69, 9.17) is 5.73 Å². The fourth-order valence-corrected chi connectivity index (χ4v) is 3.28. The molecule has 0 aromatic heterocycles. The maximum absolute atomic E-state index is 6.34. The lowest BCUT2D eigenvalue weighted by molar-refractivity contribution is 0.865. The van der Waals surface area contributed by atoms with Gasteiger partial charge in [0, 0.05) is 8.95 Å². The summed E-state index contributed by atoms with van der Waals surface area (Å²) in [6, 6.07) is 14.5. The van der Waals surface area contributed by atoms with Gasteiger partial charge < -0.3 is 5.73 Å². The van der Waals surface area contributed by atoms with Crippen molar-refractivity contribution >= 4 is 31.9 Å². The second kappa shape index (κ2) is 6.00. The highest BCUT2D eigenvalue weighted by Crippen LogP contribution is 2.27. The number of nitrogens with two attached hydrogens (primary N) is 1. The van der Waals surface area contributed by atoms with Gasteiger partial charge in [-0.15, -0.1) is 0 Å². The third-order valence-electron chi connectivity index (χ3n) is 2.96. The third kappa shape index (κ3) is 3.22. The molecule has 2 rings (SSSR count). The van der Waals surface area contributed by atoms with Crippen LogP contribution in [0, 0.1) is 0 Å². The van der Waals surface area contributed by atoms with Crippen molar-refractivity contribution < 1.29 is 0 Å². The van der Waals surface area contributed by atoms with Crippen LogP contribution in [0.3, 0.4) is 0 Å². The van der Waals surface area contributed by atoms with E-state index < -0.39 is 0 Å². The first kappa shape index (κ1) is 13.8. The Labute approximate surface area is 125 Å². The van der Waals surface area contributed by atoms with E-state index >= 15 is 0 Å². The minimum atomic E-state index is -0.0923. The minimum absolute atomic E-state index is 0.0923. The van der Waals surface area contributed by atoms with Crippen LogP contribution < -0.4 is 5.73 Å². The molecular weight excluding hydrogens is 354 g/mol. The molecule has 1 atom stereocenters. The second-order valence-corrected chi connectivity index (χ2v) is 6.11. The summed E-state index contributed by atoms with van der Waals surface area (Å²) in [4.78, 5) is 0. The standard InChI is InChI=1S/C15H15Br2N/c1-2-10-4-3-5-11(6-10)15(18)12-7-13(16)9-14(17)8-12/h3-9,15H,2,18H2,1H3. The molecule has 0 amide bonds. The first-order valence-corrected chi connectivity index (χ1v) is 7.49. The zero-order chi connectivity index (χ0) is 13.1. The quantitative estimate of drug-likeness (QED) is 0.825. The first-order valence-electron chi connectivity index (χ1n) is 5.90. The van der Waals surface area contributed by atoms with E-state index in [-0.39, 0.29) is 6.04 Å². The molecule has 0 heterocycles. The van der Waals surface area contributed by atoms with Crippen molar-refractivity contribution in [1.82, 2.24) is 0 Å². The highest BCUT2D eigenvalue weighted by atomic mass is 79.9. The third-order valence-corrected chi connectivity index (χ3v) is 3.88. The Hall–Kier alpha value is -0.640. The van der Waals surface area contributed by atoms with Crippen LogP contribution in [0.5, 0.6) is 0 Å². The maximum atomic E-state index is 6.34. The molecule has 18 heavy (non-hydrogen) atoms. The molecule has 0 spiro atoms. The zero-order valence-corrected chi connectivity index (χ0v) is 13.3. The molecular formula is C15H15Br2N. The number of hydrogen-bond donors (Lipinski definition) is 1. The van der Waals surface area contributed by atoms with Gasteiger partial charge in [-0.2, -0.15) is 0 Å². The molecule has 0 aliphatic rings. The Balaban J connectivity index is 2.37. The van der Waals surface area contributed by atoms with Crippen molar-refractivity contribution in [2.75, 3.05) is 0 Å². The number of hydrogen-bond acceptors (Lipinski definition) is 1. The van der Waals surface area contributed by atoms with Crippen molar-refractivity contribution in [3.8, 4) is 0 Å². The number of rotatable bonds is 3. The Morgan fingerprint density at radius 1 is 1.00 bits per heavy atom. The summed E-state index contributed by atoms with van der Waals surface area (Å²) in [5, 5.41) is 0. The Morgan fingerprint density at radius 3 is 2.28 bits per heavy atom. The Kier molecular flexibility index (Phi) is 4.60. The van der Waals surface area contributed by atoms with E-state index in [0.717, 1.165) is 26.5 Å². The molecule has 3 heteroatoms. The van der Waals surface area contributed by atoms with E-state index in [9.17, 15) is 0 Å². The molecule has 0 fully saturated rings. The highest BCUT2D eigenvalue weighted by molar-refractivity contribution is 9.11. The molecule has 2 N–H and O–H groups in total. The topological polar surface area (TPSA) is 26.0 Å². The van der Waals surface area contributed by atoms with Gasteiger partial charge in [0.1, 0.15) is 0 Å². The number of aryl methyl sites for hydroxylation is 1. The van der Waals surface area contributed by atoms with Crippen LogP contribution in [0.2, 0.25) is 0 Å². The van der Waals surface area contributed by atoms with Crippen LogP contribution in [0.4, 0.5) is 0 Å². The monoisotopic (exact) mass is 367 g/mol. The lowest BCUT2D eigenvalue weighted by atomic mass is 9.97. The summed E-state index contributed by atoms with van der Waals surface area (Å²) < 4.78 is 2.07. The van der Waals surface area contributed by atoms with E-state index in [1.807, 2.05) is 6.07 Å². The van der Waals surface area contributed by atoms with Crippen LogP contribution >= 0.6 is 31.9 Å². The van der Waals surface area contributed by atoms with Crippen molar-refractivity contribution in [2.45, 2.75) is 19.4 Å². The largest absolute Gasteiger partial charge is 0.320 e. The molecule has 0 bridgehead atoms. The predicted octanol–water partition coefficient (Wildman–Crippen LogP) is 4.82. The summed E-state index contributed by atoms with van der Waals surface area (Å²) in [7, 11) is 0. The van der Waals surface area contributed by atoms with Gasteiger partial charge in [0.05, 0.1) is 6.04 Å². The summed E-state index contributed by atoms with van der Waals surface area (Å²) in [5.41, 5.74) is 9.91. The van der Waals surface area contributed by atoms with E-state index in [2.05, 4.69) is 75.2 Å². The maximum Gasteiger partial charge on any atom is 0.0552 e. The van der Waals surface area contributed by atoms with Gasteiger partial charge in [0.2, 0.25) is 0 Å². The fraction of sp³-hybridized carbons (Fsp3) is 0.200. The van der Waals surface area contributed by atoms with Gasteiger partial charge >= 0.3 is 0 Å². The SMILES string of the molecule is CCc1cccc(C(N)c2cc(Br)cc(Br)c2)c1. The molecule has 2 aromatic carbocycles. The molecule has 1 nitrogen and oxygen atoms in total. The predicted molar refractivity (Wildman–Crippen MR) is 83.7 cm³/mol. The van der Waals surface area contributed by atoms with E-state index in [1.54, 1.807) is 0 Å². The molecule has 0 saturated carbocycles. The molecule has 0 radical (unpaired) electrons. The van der Waals surface area contributed by atoms with Crippen LogP contribution in [0.1, 0.15) is 29.7 Å². The van der Waals surface area contributed by atoms with Crippen LogP contribution in [0.15, 0.2) is 51.4 Å². The minimum Gasteiger partial charge on any atom is -0.320 e. The Bertz CT molecular complexity index is 532. The number of benzene rings is 2. The normalized spacial score (nSPS) is 12.4. The van der Waals surface area contributed by atoms with E-state index in [1.165, 1.54) is 5.56 Å². The molecule has 94 valence electrons. The van der Waals surface area contributed by atoms with Gasteiger partial charge in [0.25, 0.3) is 0 Å². The molecule has 0 aliphatic heterocycles. The Morgan fingerprint density at radius 2 is 1.67 bits per heavy atom. The molecule has 0 aliphatic carbocycles. The number of halogens is 2. The lowest BCUT2D eigenvalue weighted by Crippen LogP contribution is -2.12. The van der Waals surface area contributed by atoms with Crippen molar-refractivity contribution in [2.24, 2.45) is 5.73 Å². The van der Waals surface area contributed by atoms with Crippen LogP contribution in [0.25, 0.3) is 0 Å². The second-order valence-electron chi connectivity index (χ2n) is 4.28. The highest BCUT2D eigenvalue weighted by Gasteiger charge is 2.10. The van der Waals surface area contributed by atoms with Gasteiger partial charge in [-0.05, 0) is 41.3 Å². The van der Waals surface area contributed by atoms with Gasteiger partial charge in [0.15, 0.2) is 0 Å². The summed E-state index contributed by atoms with van der Waals surface area (Å²) in [6.45, 7) is 2.15. The van der Waals surface area contributed by atoms with Crippen molar-refractivity contribution in [1.29, 1.82) is 0 Å². The molecule has 0 saturated heterocycles. The molecule has 2 aromatic rings. The van der Waals surface area contributed by atoms with Crippen LogP contribution in [-0.2, 0) is 6.42 Å². The summed E-state index contributed by atoms with van der Waals surface area (Å²) in [5.74, 6) is 0. The van der Waals surface area contributed by atoms with Gasteiger partial charge in [-0.25, -0.2) is 0 Å². The zero-order valence-electron chi connectivity index (χ0n) is 10.2. The average Bonchev–Trinajstić information content (AvgIpc) is 2.37. The fourth-order valence-electron chi connectivity index (χ4n) is 1.95. The summed E-state index contributed by atoms with van der Waals surface area (Å²) in [6.07, 6.45) is 1.03. The van der Waals surface area contributed by atoms with Gasteiger partial charge in [-0.1, -0.05) is 63.0 Å². The smallest absolute Gasteiger partial charge is 0.0552 e. The lowest BCUT2D eigenvalue weighted by Gasteiger charge is -2.14.